The number of halogens is 1. The highest BCUT2D eigenvalue weighted by molar-refractivity contribution is 6.31. The molecular weight excluding hydrogens is 344 g/mol. The Kier molecular flexibility index (Phi) is 4.63. The Balaban J connectivity index is 1.97. The van der Waals surface area contributed by atoms with E-state index in [1.807, 2.05) is 0 Å². The quantitative estimate of drug-likeness (QED) is 0.748. The second-order valence-electron chi connectivity index (χ2n) is 5.24. The van der Waals surface area contributed by atoms with Gasteiger partial charge in [0, 0.05) is 22.7 Å². The third kappa shape index (κ3) is 3.29. The van der Waals surface area contributed by atoms with E-state index in [-0.39, 0.29) is 11.0 Å². The Bertz CT molecular complexity index is 1010. The second-order valence-corrected chi connectivity index (χ2v) is 5.68. The van der Waals surface area contributed by atoms with Crippen molar-refractivity contribution in [1.29, 1.82) is 0 Å². The molecule has 0 atom stereocenters. The standard InChI is InChI=1S/C18H15ClN2O4/c1-24-11-4-6-14(16(8-11)25-2)21-18(23)13-9-20-15-7-10(19)3-5-12(15)17(13)22/h3-9H,1-2H3,(H,20,22)(H,21,23). The molecule has 0 saturated heterocycles. The van der Waals surface area contributed by atoms with Gasteiger partial charge in [-0.15, -0.1) is 0 Å². The number of ether oxygens (including phenoxy) is 2. The van der Waals surface area contributed by atoms with Crippen molar-refractivity contribution in [3.05, 3.63) is 63.4 Å². The minimum absolute atomic E-state index is 0.00677. The lowest BCUT2D eigenvalue weighted by Gasteiger charge is -2.11. The van der Waals surface area contributed by atoms with Crippen LogP contribution in [0.2, 0.25) is 5.02 Å². The minimum atomic E-state index is -0.540. The van der Waals surface area contributed by atoms with Crippen molar-refractivity contribution in [3.63, 3.8) is 0 Å². The Labute approximate surface area is 148 Å². The molecule has 0 aliphatic carbocycles. The average Bonchev–Trinajstić information content (AvgIpc) is 2.62. The summed E-state index contributed by atoms with van der Waals surface area (Å²) in [4.78, 5) is 28.0. The number of aromatic amines is 1. The normalized spacial score (nSPS) is 10.5. The smallest absolute Gasteiger partial charge is 0.261 e. The molecule has 7 heteroatoms. The van der Waals surface area contributed by atoms with E-state index >= 15 is 0 Å². The average molecular weight is 359 g/mol. The van der Waals surface area contributed by atoms with Crippen molar-refractivity contribution in [3.8, 4) is 11.5 Å². The van der Waals surface area contributed by atoms with Crippen molar-refractivity contribution in [2.75, 3.05) is 19.5 Å². The summed E-state index contributed by atoms with van der Waals surface area (Å²) >= 11 is 5.91. The fraction of sp³-hybridized carbons (Fsp3) is 0.111. The predicted octanol–water partition coefficient (Wildman–Crippen LogP) is 3.45. The van der Waals surface area contributed by atoms with Crippen LogP contribution in [0.25, 0.3) is 10.9 Å². The van der Waals surface area contributed by atoms with E-state index < -0.39 is 5.91 Å². The van der Waals surface area contributed by atoms with Crippen molar-refractivity contribution < 1.29 is 14.3 Å². The Hall–Kier alpha value is -2.99. The van der Waals surface area contributed by atoms with Gasteiger partial charge in [0.1, 0.15) is 17.1 Å². The van der Waals surface area contributed by atoms with E-state index in [2.05, 4.69) is 10.3 Å². The molecule has 0 aliphatic rings. The lowest BCUT2D eigenvalue weighted by atomic mass is 10.1. The first kappa shape index (κ1) is 16.9. The van der Waals surface area contributed by atoms with Crippen molar-refractivity contribution >= 4 is 34.1 Å². The van der Waals surface area contributed by atoms with Gasteiger partial charge in [-0.1, -0.05) is 11.6 Å². The molecule has 6 nitrogen and oxygen atoms in total. The molecule has 3 aromatic rings. The van der Waals surface area contributed by atoms with Gasteiger partial charge in [-0.05, 0) is 30.3 Å². The fourth-order valence-electron chi connectivity index (χ4n) is 2.45. The molecule has 0 unspecified atom stereocenters. The first-order valence-electron chi connectivity index (χ1n) is 7.38. The zero-order chi connectivity index (χ0) is 18.0. The number of pyridine rings is 1. The lowest BCUT2D eigenvalue weighted by molar-refractivity contribution is 0.102. The number of aromatic nitrogens is 1. The van der Waals surface area contributed by atoms with Crippen LogP contribution >= 0.6 is 11.6 Å². The highest BCUT2D eigenvalue weighted by atomic mass is 35.5. The number of carbonyl (C=O) groups is 1. The van der Waals surface area contributed by atoms with Crippen LogP contribution < -0.4 is 20.2 Å². The van der Waals surface area contributed by atoms with E-state index in [4.69, 9.17) is 21.1 Å². The van der Waals surface area contributed by atoms with Crippen molar-refractivity contribution in [2.24, 2.45) is 0 Å². The molecule has 1 amide bonds. The van der Waals surface area contributed by atoms with Gasteiger partial charge in [-0.3, -0.25) is 9.59 Å². The molecule has 0 spiro atoms. The molecule has 25 heavy (non-hydrogen) atoms. The van der Waals surface area contributed by atoms with E-state index in [1.54, 1.807) is 36.4 Å². The number of H-pyrrole nitrogens is 1. The van der Waals surface area contributed by atoms with E-state index in [9.17, 15) is 9.59 Å². The highest BCUT2D eigenvalue weighted by Gasteiger charge is 2.15. The lowest BCUT2D eigenvalue weighted by Crippen LogP contribution is -2.22. The molecule has 0 fully saturated rings. The molecule has 3 rings (SSSR count). The maximum Gasteiger partial charge on any atom is 0.261 e. The number of amides is 1. The summed E-state index contributed by atoms with van der Waals surface area (Å²) in [5.41, 5.74) is 0.614. The molecule has 128 valence electrons. The van der Waals surface area contributed by atoms with Gasteiger partial charge in [0.15, 0.2) is 0 Å². The number of hydrogen-bond acceptors (Lipinski definition) is 4. The zero-order valence-electron chi connectivity index (χ0n) is 13.6. The van der Waals surface area contributed by atoms with Gasteiger partial charge in [0.25, 0.3) is 5.91 Å². The first-order chi connectivity index (χ1) is 12.0. The van der Waals surface area contributed by atoms with Crippen LogP contribution in [0.3, 0.4) is 0 Å². The summed E-state index contributed by atoms with van der Waals surface area (Å²) in [6, 6.07) is 9.79. The topological polar surface area (TPSA) is 80.4 Å². The summed E-state index contributed by atoms with van der Waals surface area (Å²) < 4.78 is 10.4. The van der Waals surface area contributed by atoms with Crippen LogP contribution in [-0.2, 0) is 0 Å². The van der Waals surface area contributed by atoms with Crippen LogP contribution in [0, 0.1) is 0 Å². The van der Waals surface area contributed by atoms with E-state index in [0.717, 1.165) is 0 Å². The molecule has 0 radical (unpaired) electrons. The second kappa shape index (κ2) is 6.86. The molecule has 0 bridgehead atoms. The van der Waals surface area contributed by atoms with Crippen LogP contribution in [0.5, 0.6) is 11.5 Å². The predicted molar refractivity (Wildman–Crippen MR) is 97.1 cm³/mol. The van der Waals surface area contributed by atoms with Gasteiger partial charge in [-0.2, -0.15) is 0 Å². The number of hydrogen-bond donors (Lipinski definition) is 2. The number of nitrogens with one attached hydrogen (secondary N) is 2. The molecule has 0 aliphatic heterocycles. The minimum Gasteiger partial charge on any atom is -0.497 e. The summed E-state index contributed by atoms with van der Waals surface area (Å²) in [7, 11) is 3.02. The van der Waals surface area contributed by atoms with Gasteiger partial charge in [0.05, 0.1) is 25.4 Å². The number of fused-ring (bicyclic) bond motifs is 1. The SMILES string of the molecule is COc1ccc(NC(=O)c2c[nH]c3cc(Cl)ccc3c2=O)c(OC)c1. The van der Waals surface area contributed by atoms with Crippen LogP contribution in [0.1, 0.15) is 10.4 Å². The van der Waals surface area contributed by atoms with Crippen LogP contribution in [0.4, 0.5) is 5.69 Å². The summed E-state index contributed by atoms with van der Waals surface area (Å²) in [5, 5.41) is 3.57. The highest BCUT2D eigenvalue weighted by Crippen LogP contribution is 2.29. The molecule has 1 heterocycles. The number of methoxy groups -OCH3 is 2. The van der Waals surface area contributed by atoms with Crippen molar-refractivity contribution in [1.82, 2.24) is 4.98 Å². The van der Waals surface area contributed by atoms with Gasteiger partial charge in [-0.25, -0.2) is 0 Å². The summed E-state index contributed by atoms with van der Waals surface area (Å²) in [5.74, 6) is 0.480. The number of anilines is 1. The molecule has 0 saturated carbocycles. The number of carbonyl (C=O) groups excluding carboxylic acids is 1. The molecule has 2 N–H and O–H groups in total. The van der Waals surface area contributed by atoms with Gasteiger partial charge in [0.2, 0.25) is 5.43 Å². The number of benzene rings is 2. The molecule has 2 aromatic carbocycles. The Morgan fingerprint density at radius 1 is 1.12 bits per heavy atom. The third-order valence-electron chi connectivity index (χ3n) is 3.74. The molecular formula is C18H15ClN2O4. The Morgan fingerprint density at radius 3 is 2.64 bits per heavy atom. The summed E-state index contributed by atoms with van der Waals surface area (Å²) in [6.45, 7) is 0. The van der Waals surface area contributed by atoms with Crippen LogP contribution in [-0.4, -0.2) is 25.1 Å². The zero-order valence-corrected chi connectivity index (χ0v) is 14.3. The van der Waals surface area contributed by atoms with Crippen molar-refractivity contribution in [2.45, 2.75) is 0 Å². The first-order valence-corrected chi connectivity index (χ1v) is 7.75. The van der Waals surface area contributed by atoms with E-state index in [0.29, 0.717) is 33.1 Å². The maximum atomic E-state index is 12.6. The monoisotopic (exact) mass is 358 g/mol. The Morgan fingerprint density at radius 2 is 1.92 bits per heavy atom. The van der Waals surface area contributed by atoms with E-state index in [1.165, 1.54) is 20.4 Å². The largest absolute Gasteiger partial charge is 0.497 e. The fourth-order valence-corrected chi connectivity index (χ4v) is 2.63. The number of rotatable bonds is 4. The maximum absolute atomic E-state index is 12.6. The van der Waals surface area contributed by atoms with Gasteiger partial charge < -0.3 is 19.8 Å². The van der Waals surface area contributed by atoms with Gasteiger partial charge >= 0.3 is 0 Å². The summed E-state index contributed by atoms with van der Waals surface area (Å²) in [6.07, 6.45) is 1.37. The van der Waals surface area contributed by atoms with Crippen LogP contribution in [0.15, 0.2) is 47.4 Å². The third-order valence-corrected chi connectivity index (χ3v) is 3.98. The molecule has 1 aromatic heterocycles.